The van der Waals surface area contributed by atoms with Gasteiger partial charge in [0.05, 0.1) is 16.3 Å². The third kappa shape index (κ3) is 6.02. The third-order valence-electron chi connectivity index (χ3n) is 4.82. The quantitative estimate of drug-likeness (QED) is 0.328. The molecule has 0 aliphatic heterocycles. The number of aliphatic carboxylic acids is 1. The van der Waals surface area contributed by atoms with Crippen molar-refractivity contribution in [2.45, 2.75) is 50.1 Å². The number of hydrogen-bond acceptors (Lipinski definition) is 5. The molecule has 1 heterocycles. The number of rotatable bonds is 7. The summed E-state index contributed by atoms with van der Waals surface area (Å²) in [5.74, 6) is 0.0621. The molecule has 0 aliphatic rings. The first kappa shape index (κ1) is 25.4. The largest absolute Gasteiger partial charge is 0.478 e. The van der Waals surface area contributed by atoms with Crippen LogP contribution in [0, 0.1) is 13.8 Å². The van der Waals surface area contributed by atoms with E-state index in [9.17, 15) is 23.1 Å². The van der Waals surface area contributed by atoms with Gasteiger partial charge in [-0.3, -0.25) is 0 Å². The van der Waals surface area contributed by atoms with Gasteiger partial charge in [-0.2, -0.15) is 13.2 Å². The van der Waals surface area contributed by atoms with Gasteiger partial charge in [0.2, 0.25) is 0 Å². The monoisotopic (exact) mass is 515 g/mol. The van der Waals surface area contributed by atoms with Crippen LogP contribution in [0.1, 0.15) is 35.5 Å². The predicted molar refractivity (Wildman–Crippen MR) is 125 cm³/mol. The van der Waals surface area contributed by atoms with Crippen molar-refractivity contribution in [1.82, 2.24) is 4.98 Å². The Morgan fingerprint density at radius 1 is 1.18 bits per heavy atom. The number of thiazole rings is 1. The van der Waals surface area contributed by atoms with Crippen molar-refractivity contribution in [1.29, 1.82) is 0 Å². The van der Waals surface area contributed by atoms with Crippen molar-refractivity contribution in [3.63, 3.8) is 0 Å². The van der Waals surface area contributed by atoms with Gasteiger partial charge in [-0.1, -0.05) is 11.6 Å². The van der Waals surface area contributed by atoms with Crippen LogP contribution < -0.4 is 4.74 Å². The van der Waals surface area contributed by atoms with E-state index in [2.05, 4.69) is 4.98 Å². The SMILES string of the molecule is Cc1cc(SCc2sc(-c3ccc(C(F)(F)F)cc3Cl)nc2C)ccc1OC(C)(C)C(=O)O. The Bertz CT molecular complexity index is 1190. The van der Waals surface area contributed by atoms with Crippen LogP contribution in [0.4, 0.5) is 13.2 Å². The maximum atomic E-state index is 12.9. The summed E-state index contributed by atoms with van der Waals surface area (Å²) in [6, 6.07) is 8.79. The molecule has 0 atom stereocenters. The summed E-state index contributed by atoms with van der Waals surface area (Å²) in [5, 5.41) is 9.82. The topological polar surface area (TPSA) is 59.4 Å². The molecule has 3 aromatic rings. The van der Waals surface area contributed by atoms with Gasteiger partial charge < -0.3 is 9.84 Å². The van der Waals surface area contributed by atoms with Crippen LogP contribution >= 0.6 is 34.7 Å². The molecule has 1 N–H and O–H groups in total. The zero-order valence-corrected chi connectivity index (χ0v) is 20.6. The van der Waals surface area contributed by atoms with Gasteiger partial charge in [-0.25, -0.2) is 9.78 Å². The van der Waals surface area contributed by atoms with E-state index >= 15 is 0 Å². The average molecular weight is 516 g/mol. The molecule has 0 amide bonds. The molecule has 0 saturated carbocycles. The zero-order chi connectivity index (χ0) is 24.6. The number of carboxylic acid groups (broad SMARTS) is 1. The van der Waals surface area contributed by atoms with E-state index in [0.717, 1.165) is 33.2 Å². The van der Waals surface area contributed by atoms with E-state index in [-0.39, 0.29) is 5.02 Å². The minimum Gasteiger partial charge on any atom is -0.478 e. The second-order valence-corrected chi connectivity index (χ2v) is 10.4. The Morgan fingerprint density at radius 2 is 1.88 bits per heavy atom. The average Bonchev–Trinajstić information content (AvgIpc) is 3.07. The number of halogens is 4. The van der Waals surface area contributed by atoms with Gasteiger partial charge in [0, 0.05) is 21.1 Å². The van der Waals surface area contributed by atoms with Gasteiger partial charge in [-0.15, -0.1) is 23.1 Å². The van der Waals surface area contributed by atoms with E-state index in [1.165, 1.54) is 31.3 Å². The van der Waals surface area contributed by atoms with Gasteiger partial charge in [0.15, 0.2) is 5.60 Å². The highest BCUT2D eigenvalue weighted by atomic mass is 35.5. The van der Waals surface area contributed by atoms with Crippen LogP contribution in [0.3, 0.4) is 0 Å². The molecular formula is C23H21ClF3NO3S2. The summed E-state index contributed by atoms with van der Waals surface area (Å²) >= 11 is 9.08. The first-order valence-electron chi connectivity index (χ1n) is 9.77. The zero-order valence-electron chi connectivity index (χ0n) is 18.2. The Balaban J connectivity index is 1.74. The Labute approximate surface area is 202 Å². The molecule has 0 unspecified atom stereocenters. The van der Waals surface area contributed by atoms with E-state index in [0.29, 0.717) is 22.1 Å². The summed E-state index contributed by atoms with van der Waals surface area (Å²) in [5.41, 5.74) is -0.0667. The van der Waals surface area contributed by atoms with Crippen molar-refractivity contribution in [3.8, 4) is 16.3 Å². The molecule has 0 bridgehead atoms. The molecule has 3 rings (SSSR count). The highest BCUT2D eigenvalue weighted by Gasteiger charge is 2.31. The number of aryl methyl sites for hydroxylation is 2. The Hall–Kier alpha value is -2.23. The smallest absolute Gasteiger partial charge is 0.416 e. The fourth-order valence-corrected chi connectivity index (χ4v) is 5.40. The number of alkyl halides is 3. The van der Waals surface area contributed by atoms with Crippen LogP contribution in [0.5, 0.6) is 5.75 Å². The summed E-state index contributed by atoms with van der Waals surface area (Å²) < 4.78 is 44.3. The number of hydrogen-bond donors (Lipinski definition) is 1. The first-order chi connectivity index (χ1) is 15.3. The van der Waals surface area contributed by atoms with Crippen LogP contribution in [0.2, 0.25) is 5.02 Å². The van der Waals surface area contributed by atoms with Gasteiger partial charge in [0.25, 0.3) is 0 Å². The van der Waals surface area contributed by atoms with E-state index in [4.69, 9.17) is 16.3 Å². The molecule has 1 aromatic heterocycles. The van der Waals surface area contributed by atoms with Gasteiger partial charge in [-0.05, 0) is 69.7 Å². The van der Waals surface area contributed by atoms with Gasteiger partial charge in [0.1, 0.15) is 10.8 Å². The lowest BCUT2D eigenvalue weighted by Crippen LogP contribution is -2.38. The highest BCUT2D eigenvalue weighted by molar-refractivity contribution is 7.98. The number of ether oxygens (including phenoxy) is 1. The first-order valence-corrected chi connectivity index (χ1v) is 11.9. The second-order valence-electron chi connectivity index (χ2n) is 7.85. The molecule has 10 heteroatoms. The van der Waals surface area contributed by atoms with Crippen molar-refractivity contribution < 1.29 is 27.8 Å². The summed E-state index contributed by atoms with van der Waals surface area (Å²) in [6.07, 6.45) is -4.45. The fourth-order valence-electron chi connectivity index (χ4n) is 2.84. The lowest BCUT2D eigenvalue weighted by molar-refractivity contribution is -0.152. The molecule has 2 aromatic carbocycles. The van der Waals surface area contributed by atoms with Crippen molar-refractivity contribution in [2.24, 2.45) is 0 Å². The van der Waals surface area contributed by atoms with E-state index < -0.39 is 23.3 Å². The molecule has 4 nitrogen and oxygen atoms in total. The Kier molecular flexibility index (Phi) is 7.36. The molecule has 0 spiro atoms. The molecule has 0 fully saturated rings. The van der Waals surface area contributed by atoms with Crippen molar-refractivity contribution in [3.05, 3.63) is 63.1 Å². The number of carboxylic acids is 1. The number of thioether (sulfide) groups is 1. The molecule has 0 saturated heterocycles. The van der Waals surface area contributed by atoms with Crippen LogP contribution in [0.15, 0.2) is 41.3 Å². The van der Waals surface area contributed by atoms with Gasteiger partial charge >= 0.3 is 12.1 Å². The minimum absolute atomic E-state index is 0.00766. The number of benzene rings is 2. The molecular weight excluding hydrogens is 495 g/mol. The number of aromatic nitrogens is 1. The van der Waals surface area contributed by atoms with Crippen LogP contribution in [-0.2, 0) is 16.7 Å². The van der Waals surface area contributed by atoms with Crippen molar-refractivity contribution >= 4 is 40.7 Å². The minimum atomic E-state index is -4.45. The van der Waals surface area contributed by atoms with E-state index in [1.807, 2.05) is 26.0 Å². The molecule has 176 valence electrons. The molecule has 33 heavy (non-hydrogen) atoms. The Morgan fingerprint density at radius 3 is 2.45 bits per heavy atom. The maximum Gasteiger partial charge on any atom is 0.416 e. The molecule has 0 aliphatic carbocycles. The standard InChI is InChI=1S/C23H21ClF3NO3S2/c1-12-9-15(6-8-18(12)31-22(3,4)21(29)30)32-11-19-13(2)28-20(33-19)16-7-5-14(10-17(16)24)23(25,26)27/h5-10H,11H2,1-4H3,(H,29,30). The summed E-state index contributed by atoms with van der Waals surface area (Å²) in [6.45, 7) is 6.68. The lowest BCUT2D eigenvalue weighted by Gasteiger charge is -2.23. The van der Waals surface area contributed by atoms with Crippen molar-refractivity contribution in [2.75, 3.05) is 0 Å². The third-order valence-corrected chi connectivity index (χ3v) is 7.52. The predicted octanol–water partition coefficient (Wildman–Crippen LogP) is 7.63. The van der Waals surface area contributed by atoms with E-state index in [1.54, 1.807) is 17.8 Å². The number of nitrogens with zero attached hydrogens (tertiary/aromatic N) is 1. The highest BCUT2D eigenvalue weighted by Crippen LogP contribution is 2.39. The summed E-state index contributed by atoms with van der Waals surface area (Å²) in [4.78, 5) is 17.7. The lowest BCUT2D eigenvalue weighted by atomic mass is 10.1. The molecule has 0 radical (unpaired) electrons. The van der Waals surface area contributed by atoms with Crippen LogP contribution in [-0.4, -0.2) is 21.7 Å². The second kappa shape index (κ2) is 9.56. The fraction of sp³-hybridized carbons (Fsp3) is 0.304. The maximum absolute atomic E-state index is 12.9. The van der Waals surface area contributed by atoms with Crippen LogP contribution in [0.25, 0.3) is 10.6 Å². The normalized spacial score (nSPS) is 12.1. The summed E-state index contributed by atoms with van der Waals surface area (Å²) in [7, 11) is 0. The number of carbonyl (C=O) groups is 1.